The molecule has 4 heterocycles. The van der Waals surface area contributed by atoms with E-state index in [2.05, 4.69) is 47.3 Å². The van der Waals surface area contributed by atoms with Crippen molar-refractivity contribution in [3.63, 3.8) is 0 Å². The van der Waals surface area contributed by atoms with Gasteiger partial charge in [-0.1, -0.05) is 44.9 Å². The van der Waals surface area contributed by atoms with E-state index in [-0.39, 0.29) is 5.91 Å². The number of halogens is 2. The minimum atomic E-state index is -0.0107. The van der Waals surface area contributed by atoms with Crippen molar-refractivity contribution in [3.8, 4) is 5.69 Å². The number of amides is 1. The summed E-state index contributed by atoms with van der Waals surface area (Å²) in [5.41, 5.74) is 11.3. The van der Waals surface area contributed by atoms with Crippen LogP contribution >= 0.6 is 27.5 Å². The van der Waals surface area contributed by atoms with Gasteiger partial charge in [-0.05, 0) is 61.1 Å². The van der Waals surface area contributed by atoms with Crippen LogP contribution in [0.1, 0.15) is 45.9 Å². The third-order valence-electron chi connectivity index (χ3n) is 7.12. The summed E-state index contributed by atoms with van der Waals surface area (Å²) in [5.74, 6) is 0.689. The summed E-state index contributed by atoms with van der Waals surface area (Å²) in [6.07, 6.45) is 6.66. The molecule has 2 aromatic carbocycles. The number of aryl methyl sites for hydroxylation is 1. The summed E-state index contributed by atoms with van der Waals surface area (Å²) >= 11 is 9.77. The Morgan fingerprint density at radius 2 is 1.95 bits per heavy atom. The number of piperidine rings is 1. The number of benzene rings is 2. The van der Waals surface area contributed by atoms with Crippen molar-refractivity contribution in [1.29, 1.82) is 0 Å². The van der Waals surface area contributed by atoms with Crippen LogP contribution in [0.5, 0.6) is 0 Å². The molecule has 0 spiro atoms. The van der Waals surface area contributed by atoms with E-state index in [4.69, 9.17) is 17.3 Å². The molecule has 0 aliphatic carbocycles. The second-order valence-electron chi connectivity index (χ2n) is 9.71. The number of fused-ring (bicyclic) bond motifs is 1. The van der Waals surface area contributed by atoms with E-state index in [0.717, 1.165) is 22.9 Å². The SMILES string of the molecule is Cc1ccc(C(=O)N2CCC(c3ccc(Cl)cc3Br)CC2)c(-n2cc(Cn3cnc4c(N)ncnc43)nn2)c1. The normalized spacial score (nSPS) is 14.3. The quantitative estimate of drug-likeness (QED) is 0.306. The maximum Gasteiger partial charge on any atom is 0.256 e. The number of nitrogens with zero attached hydrogens (tertiary/aromatic N) is 8. The topological polar surface area (TPSA) is 121 Å². The van der Waals surface area contributed by atoms with Gasteiger partial charge < -0.3 is 15.2 Å². The Morgan fingerprint density at radius 3 is 2.74 bits per heavy atom. The summed E-state index contributed by atoms with van der Waals surface area (Å²) in [7, 11) is 0. The largest absolute Gasteiger partial charge is 0.382 e. The van der Waals surface area contributed by atoms with Crippen LogP contribution in [0.25, 0.3) is 16.9 Å². The average Bonchev–Trinajstić information content (AvgIpc) is 3.57. The molecule has 6 rings (SSSR count). The van der Waals surface area contributed by atoms with Gasteiger partial charge >= 0.3 is 0 Å². The predicted molar refractivity (Wildman–Crippen MR) is 152 cm³/mol. The molecule has 5 aromatic rings. The van der Waals surface area contributed by atoms with E-state index in [1.54, 1.807) is 11.0 Å². The predicted octanol–water partition coefficient (Wildman–Crippen LogP) is 4.78. The highest BCUT2D eigenvalue weighted by Gasteiger charge is 2.27. The Hall–Kier alpha value is -3.83. The minimum Gasteiger partial charge on any atom is -0.382 e. The molecule has 1 fully saturated rings. The van der Waals surface area contributed by atoms with Crippen molar-refractivity contribution >= 4 is 50.4 Å². The van der Waals surface area contributed by atoms with Crippen LogP contribution in [0.3, 0.4) is 0 Å². The Bertz CT molecular complexity index is 1690. The van der Waals surface area contributed by atoms with Crippen molar-refractivity contribution in [2.24, 2.45) is 0 Å². The van der Waals surface area contributed by atoms with Crippen LogP contribution in [-0.4, -0.2) is 58.4 Å². The molecule has 1 aliphatic rings. The zero-order valence-corrected chi connectivity index (χ0v) is 23.5. The fourth-order valence-corrected chi connectivity index (χ4v) is 6.09. The number of anilines is 1. The standard InChI is InChI=1S/C27H25BrClN9O/c1-16-2-4-21(27(39)36-8-6-17(7-9-36)20-5-3-18(29)11-22(20)28)23(10-16)38-13-19(34-35-38)12-37-15-33-24-25(30)31-14-32-26(24)37/h2-5,10-11,13-15,17H,6-9,12H2,1H3,(H2,30,31,32). The van der Waals surface area contributed by atoms with E-state index in [1.165, 1.54) is 11.9 Å². The van der Waals surface area contributed by atoms with Crippen molar-refractivity contribution in [2.75, 3.05) is 18.8 Å². The van der Waals surface area contributed by atoms with Gasteiger partial charge in [0.25, 0.3) is 5.91 Å². The van der Waals surface area contributed by atoms with Gasteiger partial charge in [-0.25, -0.2) is 19.6 Å². The Balaban J connectivity index is 1.21. The first-order valence-electron chi connectivity index (χ1n) is 12.5. The maximum absolute atomic E-state index is 13.7. The number of aromatic nitrogens is 7. The fraction of sp³-hybridized carbons (Fsp3) is 0.259. The molecule has 0 saturated carbocycles. The van der Waals surface area contributed by atoms with Gasteiger partial charge in [0.15, 0.2) is 11.5 Å². The van der Waals surface area contributed by atoms with Crippen LogP contribution in [0.4, 0.5) is 5.82 Å². The molecule has 1 saturated heterocycles. The Kier molecular flexibility index (Phi) is 6.78. The Labute approximate surface area is 238 Å². The van der Waals surface area contributed by atoms with Crippen LogP contribution < -0.4 is 5.73 Å². The van der Waals surface area contributed by atoms with E-state index < -0.39 is 0 Å². The highest BCUT2D eigenvalue weighted by molar-refractivity contribution is 9.10. The zero-order valence-electron chi connectivity index (χ0n) is 21.1. The number of imidazole rings is 1. The maximum atomic E-state index is 13.7. The van der Waals surface area contributed by atoms with Crippen LogP contribution in [0.15, 0.2) is 59.7 Å². The molecular weight excluding hydrogens is 582 g/mol. The molecule has 0 unspecified atom stereocenters. The van der Waals surface area contributed by atoms with Gasteiger partial charge in [0.2, 0.25) is 0 Å². The van der Waals surface area contributed by atoms with Gasteiger partial charge in [-0.15, -0.1) is 5.10 Å². The lowest BCUT2D eigenvalue weighted by Gasteiger charge is -2.33. The summed E-state index contributed by atoms with van der Waals surface area (Å²) in [4.78, 5) is 28.2. The van der Waals surface area contributed by atoms with Crippen molar-refractivity contribution in [3.05, 3.63) is 87.1 Å². The number of carbonyl (C=O) groups excluding carboxylic acids is 1. The number of carbonyl (C=O) groups is 1. The number of hydrogen-bond donors (Lipinski definition) is 1. The summed E-state index contributed by atoms with van der Waals surface area (Å²) < 4.78 is 4.52. The smallest absolute Gasteiger partial charge is 0.256 e. The molecule has 39 heavy (non-hydrogen) atoms. The van der Waals surface area contributed by atoms with E-state index in [1.807, 2.05) is 52.9 Å². The second kappa shape index (κ2) is 10.4. The monoisotopic (exact) mass is 605 g/mol. The molecule has 0 radical (unpaired) electrons. The molecule has 1 amide bonds. The van der Waals surface area contributed by atoms with Crippen molar-refractivity contribution in [2.45, 2.75) is 32.2 Å². The molecule has 1 aliphatic heterocycles. The molecule has 2 N–H and O–H groups in total. The molecule has 198 valence electrons. The number of likely N-dealkylation sites (tertiary alicyclic amines) is 1. The molecule has 10 nitrogen and oxygen atoms in total. The molecule has 0 bridgehead atoms. The lowest BCUT2D eigenvalue weighted by Crippen LogP contribution is -2.38. The molecule has 12 heteroatoms. The molecule has 3 aromatic heterocycles. The highest BCUT2D eigenvalue weighted by atomic mass is 79.9. The first kappa shape index (κ1) is 25.4. The number of nitrogen functional groups attached to an aromatic ring is 1. The third kappa shape index (κ3) is 4.99. The first-order chi connectivity index (χ1) is 18.9. The zero-order chi connectivity index (χ0) is 27.1. The molecule has 0 atom stereocenters. The van der Waals surface area contributed by atoms with E-state index >= 15 is 0 Å². The van der Waals surface area contributed by atoms with Crippen LogP contribution in [-0.2, 0) is 6.54 Å². The number of nitrogens with two attached hydrogens (primary N) is 1. The number of rotatable bonds is 5. The fourth-order valence-electron chi connectivity index (χ4n) is 5.09. The van der Waals surface area contributed by atoms with Crippen LogP contribution in [0, 0.1) is 6.92 Å². The van der Waals surface area contributed by atoms with Crippen LogP contribution in [0.2, 0.25) is 5.02 Å². The Morgan fingerprint density at radius 1 is 1.13 bits per heavy atom. The van der Waals surface area contributed by atoms with Gasteiger partial charge in [0.05, 0.1) is 30.3 Å². The van der Waals surface area contributed by atoms with Crippen molar-refractivity contribution in [1.82, 2.24) is 39.4 Å². The highest BCUT2D eigenvalue weighted by Crippen LogP contribution is 2.35. The third-order valence-corrected chi connectivity index (χ3v) is 8.04. The van der Waals surface area contributed by atoms with Gasteiger partial charge in [-0.2, -0.15) is 0 Å². The van der Waals surface area contributed by atoms with Gasteiger partial charge in [-0.3, -0.25) is 4.79 Å². The van der Waals surface area contributed by atoms with Gasteiger partial charge in [0.1, 0.15) is 17.5 Å². The summed E-state index contributed by atoms with van der Waals surface area (Å²) in [6, 6.07) is 11.7. The van der Waals surface area contributed by atoms with Crippen molar-refractivity contribution < 1.29 is 4.79 Å². The average molecular weight is 607 g/mol. The van der Waals surface area contributed by atoms with E-state index in [9.17, 15) is 4.79 Å². The summed E-state index contributed by atoms with van der Waals surface area (Å²) in [5, 5.41) is 9.41. The minimum absolute atomic E-state index is 0.0107. The van der Waals surface area contributed by atoms with Gasteiger partial charge in [0, 0.05) is 22.6 Å². The first-order valence-corrected chi connectivity index (χ1v) is 13.7. The van der Waals surface area contributed by atoms with E-state index in [0.29, 0.717) is 64.5 Å². The lowest BCUT2D eigenvalue weighted by atomic mass is 9.89. The summed E-state index contributed by atoms with van der Waals surface area (Å²) in [6.45, 7) is 3.74. The molecular formula is C27H25BrClN9O. The second-order valence-corrected chi connectivity index (χ2v) is 11.0. The lowest BCUT2D eigenvalue weighted by molar-refractivity contribution is 0.0712. The number of hydrogen-bond acceptors (Lipinski definition) is 7.